The van der Waals surface area contributed by atoms with Gasteiger partial charge in [-0.3, -0.25) is 29.8 Å². The molecular weight excluding hydrogens is 1400 g/mol. The molecule has 3 aromatic rings. The van der Waals surface area contributed by atoms with E-state index in [-0.39, 0.29) is 93.1 Å². The summed E-state index contributed by atoms with van der Waals surface area (Å²) in [5, 5.41) is 16.4. The number of carbonyl (C=O) groups is 9. The van der Waals surface area contributed by atoms with E-state index in [1.54, 1.807) is 87.1 Å². The Morgan fingerprint density at radius 3 is 1.44 bits per heavy atom. The van der Waals surface area contributed by atoms with Gasteiger partial charge in [0.25, 0.3) is 5.91 Å². The first-order valence-electron chi connectivity index (χ1n) is 28.5. The van der Waals surface area contributed by atoms with Crippen LogP contribution in [0, 0.1) is 0 Å². The summed E-state index contributed by atoms with van der Waals surface area (Å²) < 4.78 is 28.0. The van der Waals surface area contributed by atoms with E-state index in [0.717, 1.165) is 48.0 Å². The number of carbonyl (C=O) groups excluding carboxylic acids is 9. The van der Waals surface area contributed by atoms with Crippen molar-refractivity contribution in [2.24, 2.45) is 5.73 Å². The standard InChI is InChI=1S/C17H23BrN2O3.C15H21BrN2O3.C15H21BrN2O2.C9H15NO3.C5H11NO2.C2H3ClO.B.Na.H/c1-10-8-14(19-16(22)23-17(3,4)5)13-9-12(18)6-7-15(13)20(10)11(2)21;1-10(17-12-7-5-11(16)6-8-12)9-13(19)18-14(20)21-15(2,3)4;1-9-7-13(18-14(19)20-15(2,3)4)11-8-10(16)5-6-12(11)17-9;1-5-6-7(11)10-8(12)13-9(2,3)4;1-5(2,3)8-4(6)7;1-2(3)4;;;/h6-7,9-10,14H,8H2,1-5H3,(H,19,22);5-8,10,17H,9H2,1-4H3,(H,18,19,20);5-6,8-9,13,17H,7H2,1-4H3,(H,18,19);5-6H,1-4H3,(H,10,11,12);1-3H3,(H2,6,7);1H3;;;/q;;;;;;;+1;-1/b;;;6-5+;;;;;/t10-,14+;10-;9-,13+;;;;;;/m000....../s1. The Bertz CT molecular complexity index is 2900. The van der Waals surface area contributed by atoms with Gasteiger partial charge in [0.05, 0.1) is 12.1 Å². The van der Waals surface area contributed by atoms with Gasteiger partial charge in [-0.2, -0.15) is 0 Å². The predicted octanol–water partition coefficient (Wildman–Crippen LogP) is 12.1. The molecule has 0 saturated heterocycles. The Labute approximate surface area is 594 Å². The molecular formula is C63H95BBr3ClN8NaO14. The van der Waals surface area contributed by atoms with E-state index in [0.29, 0.717) is 12.5 Å². The summed E-state index contributed by atoms with van der Waals surface area (Å²) in [5.41, 5.74) is 6.84. The van der Waals surface area contributed by atoms with Crippen molar-refractivity contribution in [1.82, 2.24) is 21.3 Å². The van der Waals surface area contributed by atoms with Crippen LogP contribution in [0.15, 0.2) is 86.2 Å². The van der Waals surface area contributed by atoms with Crippen molar-refractivity contribution in [3.8, 4) is 0 Å². The van der Waals surface area contributed by atoms with Gasteiger partial charge in [-0.1, -0.05) is 53.9 Å². The first-order valence-corrected chi connectivity index (χ1v) is 31.2. The molecule has 0 spiro atoms. The van der Waals surface area contributed by atoms with Crippen molar-refractivity contribution in [3.63, 3.8) is 0 Å². The number of amides is 8. The second-order valence-corrected chi connectivity index (χ2v) is 28.7. The molecule has 8 N–H and O–H groups in total. The van der Waals surface area contributed by atoms with E-state index in [4.69, 9.17) is 24.7 Å². The number of primary amides is 1. The molecule has 0 saturated carbocycles. The van der Waals surface area contributed by atoms with Crippen LogP contribution in [0.4, 0.5) is 41.0 Å². The monoisotopic (exact) mass is 1490 g/mol. The maximum atomic E-state index is 12.1. The van der Waals surface area contributed by atoms with Crippen LogP contribution in [0.25, 0.3) is 0 Å². The van der Waals surface area contributed by atoms with E-state index in [9.17, 15) is 43.2 Å². The zero-order chi connectivity index (χ0) is 69.2. The molecule has 0 fully saturated rings. The fraction of sp³-hybridized carbons (Fsp3) is 0.540. The van der Waals surface area contributed by atoms with Crippen LogP contribution in [0.3, 0.4) is 0 Å². The minimum absolute atomic E-state index is 0. The molecule has 22 nitrogen and oxygen atoms in total. The van der Waals surface area contributed by atoms with E-state index in [2.05, 4.69) is 103 Å². The third-order valence-corrected chi connectivity index (χ3v) is 12.0. The summed E-state index contributed by atoms with van der Waals surface area (Å²) >= 11 is 14.9. The van der Waals surface area contributed by atoms with E-state index < -0.39 is 58.3 Å². The van der Waals surface area contributed by atoms with E-state index in [1.807, 2.05) is 116 Å². The first kappa shape index (κ1) is 89.8. The van der Waals surface area contributed by atoms with Crippen LogP contribution in [-0.2, 0) is 42.9 Å². The molecule has 0 aliphatic carbocycles. The predicted molar refractivity (Wildman–Crippen MR) is 367 cm³/mol. The van der Waals surface area contributed by atoms with E-state index >= 15 is 0 Å². The number of benzene rings is 3. The smallest absolute Gasteiger partial charge is 1.00 e. The molecule has 28 heteroatoms. The molecule has 3 radical (unpaired) electrons. The van der Waals surface area contributed by atoms with Crippen LogP contribution in [0.5, 0.6) is 0 Å². The summed E-state index contributed by atoms with van der Waals surface area (Å²) in [5.74, 6) is -0.852. The zero-order valence-corrected chi connectivity index (χ0v) is 64.3. The van der Waals surface area contributed by atoms with Crippen LogP contribution in [0.2, 0.25) is 0 Å². The normalized spacial score (nSPS) is 15.7. The molecule has 2 aliphatic rings. The molecule has 8 amide bonds. The molecule has 3 aromatic carbocycles. The SMILES string of the molecule is C/C=C/C(=O)NC(=O)OC(C)(C)C.CC(=O)Cl.CC(=O)N1c2ccc(Br)cc2[C@H](NC(=O)OC(C)(C)C)C[C@@H]1C.CC(C)(C)OC(N)=O.C[C@@H](CC(=O)NC(=O)OC(C)(C)C)Nc1ccc(Br)cc1.C[C@H]1C[C@@H](NC(=O)OC(C)(C)C)c2cc(Br)ccc2N1.[B].[H-].[Na+]. The van der Waals surface area contributed by atoms with Crippen LogP contribution >= 0.6 is 59.4 Å². The number of hydrogen-bond acceptors (Lipinski definition) is 16. The maximum absolute atomic E-state index is 12.1. The summed E-state index contributed by atoms with van der Waals surface area (Å²) in [4.78, 5) is 102. The Hall–Kier alpha value is -5.38. The fourth-order valence-corrected chi connectivity index (χ4v) is 8.80. The maximum Gasteiger partial charge on any atom is 1.00 e. The van der Waals surface area contributed by atoms with Gasteiger partial charge in [-0.25, -0.2) is 24.0 Å². The Morgan fingerprint density at radius 1 is 0.637 bits per heavy atom. The minimum atomic E-state index is -0.726. The molecule has 5 rings (SSSR count). The Morgan fingerprint density at radius 2 is 1.03 bits per heavy atom. The van der Waals surface area contributed by atoms with Gasteiger partial charge in [-0.05, 0) is 234 Å². The molecule has 0 bridgehead atoms. The average molecular weight is 1500 g/mol. The second kappa shape index (κ2) is 41.4. The summed E-state index contributed by atoms with van der Waals surface area (Å²) in [7, 11) is 0. The number of nitrogens with two attached hydrogens (primary N) is 1. The Balaban J connectivity index is -0.000000530. The summed E-state index contributed by atoms with van der Waals surface area (Å²) in [6, 6.07) is 19.4. The molecule has 5 atom stereocenters. The number of ether oxygens (including phenoxy) is 5. The number of nitrogens with one attached hydrogen (secondary N) is 6. The van der Waals surface area contributed by atoms with Crippen LogP contribution in [-0.4, -0.2) is 108 Å². The average Bonchev–Trinajstić information content (AvgIpc) is 0.786. The summed E-state index contributed by atoms with van der Waals surface area (Å²) in [6.45, 7) is 37.3. The van der Waals surface area contributed by atoms with Crippen molar-refractivity contribution in [2.75, 3.05) is 15.5 Å². The zero-order valence-electron chi connectivity index (χ0n) is 57.8. The second-order valence-electron chi connectivity index (χ2n) is 25.4. The first-order chi connectivity index (χ1) is 40.5. The number of nitrogens with zero attached hydrogens (tertiary/aromatic N) is 1. The minimum Gasteiger partial charge on any atom is -1.00 e. The van der Waals surface area contributed by atoms with Gasteiger partial charge in [0.15, 0.2) is 0 Å². The number of halogens is 4. The van der Waals surface area contributed by atoms with E-state index in [1.165, 1.54) is 13.0 Å². The third-order valence-electron chi connectivity index (χ3n) is 10.5. The third kappa shape index (κ3) is 44.0. The number of rotatable bonds is 7. The van der Waals surface area contributed by atoms with Gasteiger partial charge >= 0.3 is 60.0 Å². The van der Waals surface area contributed by atoms with Crippen molar-refractivity contribution >= 4 is 138 Å². The molecule has 91 heavy (non-hydrogen) atoms. The van der Waals surface area contributed by atoms with Crippen molar-refractivity contribution in [3.05, 3.63) is 97.4 Å². The van der Waals surface area contributed by atoms with Gasteiger partial charge in [0.1, 0.15) is 28.0 Å². The molecule has 2 heterocycles. The Kier molecular flexibility index (Phi) is 40.8. The largest absolute Gasteiger partial charge is 1.00 e. The molecule has 503 valence electrons. The van der Waals surface area contributed by atoms with Gasteiger partial charge in [0, 0.05) is 77.3 Å². The van der Waals surface area contributed by atoms with Gasteiger partial charge < -0.3 is 57.0 Å². The molecule has 0 aromatic heterocycles. The number of allylic oxidation sites excluding steroid dienone is 1. The quantitative estimate of drug-likeness (QED) is 0.0500. The number of fused-ring (bicyclic) bond motifs is 2. The molecule has 2 aliphatic heterocycles. The van der Waals surface area contributed by atoms with Crippen LogP contribution in [0.1, 0.15) is 189 Å². The fourth-order valence-electron chi connectivity index (χ4n) is 7.77. The van der Waals surface area contributed by atoms with Crippen LogP contribution < -0.4 is 72.1 Å². The van der Waals surface area contributed by atoms with Crippen molar-refractivity contribution in [1.29, 1.82) is 0 Å². The van der Waals surface area contributed by atoms with Gasteiger partial charge in [-0.15, -0.1) is 0 Å². The summed E-state index contributed by atoms with van der Waals surface area (Å²) in [6.07, 6.45) is 1.46. The number of alkyl carbamates (subject to hydrolysis) is 4. The number of hydrogen-bond donors (Lipinski definition) is 7. The van der Waals surface area contributed by atoms with Crippen molar-refractivity contribution in [2.45, 2.75) is 223 Å². The number of imide groups is 2. The number of anilines is 3. The topological polar surface area (TPSA) is 301 Å². The van der Waals surface area contributed by atoms with Gasteiger partial charge in [0.2, 0.25) is 17.1 Å². The van der Waals surface area contributed by atoms with Crippen molar-refractivity contribution < 1.29 is 97.8 Å². The molecule has 0 unspecified atom stereocenters.